The van der Waals surface area contributed by atoms with E-state index in [9.17, 15) is 31.2 Å². The van der Waals surface area contributed by atoms with Crippen molar-refractivity contribution in [3.8, 4) is 6.07 Å². The molecule has 0 aromatic heterocycles. The summed E-state index contributed by atoms with van der Waals surface area (Å²) in [5.74, 6) is -0.928. The van der Waals surface area contributed by atoms with Gasteiger partial charge in [-0.25, -0.2) is 18.0 Å². The Hall–Kier alpha value is -3.85. The van der Waals surface area contributed by atoms with Crippen LogP contribution in [0.3, 0.4) is 0 Å². The zero-order valence-electron chi connectivity index (χ0n) is 18.1. The summed E-state index contributed by atoms with van der Waals surface area (Å²) in [4.78, 5) is 26.3. The third-order valence-corrected chi connectivity index (χ3v) is 6.33. The van der Waals surface area contributed by atoms with Crippen LogP contribution in [0.15, 0.2) is 58.6 Å². The Morgan fingerprint density at radius 2 is 1.88 bits per heavy atom. The van der Waals surface area contributed by atoms with Crippen LogP contribution in [0.2, 0.25) is 0 Å². The second-order valence-electron chi connectivity index (χ2n) is 7.39. The smallest absolute Gasteiger partial charge is 0.416 e. The number of ether oxygens (including phenoxy) is 1. The quantitative estimate of drug-likeness (QED) is 0.650. The van der Waals surface area contributed by atoms with Crippen molar-refractivity contribution < 1.29 is 35.9 Å². The summed E-state index contributed by atoms with van der Waals surface area (Å²) in [6, 6.07) is 7.31. The topological polar surface area (TPSA) is 117 Å². The van der Waals surface area contributed by atoms with E-state index in [1.165, 1.54) is 25.1 Å². The first-order valence-corrected chi connectivity index (χ1v) is 11.5. The Bertz CT molecular complexity index is 1360. The highest BCUT2D eigenvalue weighted by Crippen LogP contribution is 2.38. The lowest BCUT2D eigenvalue weighted by molar-refractivity contribution is -0.138. The largest absolute Gasteiger partial charge is 0.466 e. The van der Waals surface area contributed by atoms with Crippen LogP contribution in [-0.4, -0.2) is 33.8 Å². The van der Waals surface area contributed by atoms with Crippen LogP contribution in [0, 0.1) is 11.3 Å². The highest BCUT2D eigenvalue weighted by atomic mass is 32.2. The Morgan fingerprint density at radius 1 is 1.21 bits per heavy atom. The van der Waals surface area contributed by atoms with E-state index in [-0.39, 0.29) is 33.0 Å². The molecule has 0 radical (unpaired) electrons. The van der Waals surface area contributed by atoms with Crippen LogP contribution in [0.4, 0.5) is 23.7 Å². The Labute approximate surface area is 193 Å². The Balaban J connectivity index is 2.26. The van der Waals surface area contributed by atoms with E-state index >= 15 is 0 Å². The first-order valence-electron chi connectivity index (χ1n) is 9.60. The van der Waals surface area contributed by atoms with Gasteiger partial charge in [-0.1, -0.05) is 12.1 Å². The number of halogens is 3. The van der Waals surface area contributed by atoms with Crippen molar-refractivity contribution in [3.05, 3.63) is 70.4 Å². The van der Waals surface area contributed by atoms with Crippen molar-refractivity contribution in [1.82, 2.24) is 5.32 Å². The molecule has 2 aromatic carbocycles. The van der Waals surface area contributed by atoms with Crippen LogP contribution >= 0.6 is 0 Å². The predicted molar refractivity (Wildman–Crippen MR) is 114 cm³/mol. The molecule has 0 bridgehead atoms. The SMILES string of the molecule is COC(=O)C1=C(C)N(c2cccc(C(F)(F)F)c2)C(=O)N[C@@H]1c1ccc(C#N)cc1S(C)(=O)=O. The van der Waals surface area contributed by atoms with Crippen LogP contribution in [0.25, 0.3) is 0 Å². The number of methoxy groups -OCH3 is 1. The van der Waals surface area contributed by atoms with Crippen LogP contribution < -0.4 is 10.2 Å². The number of rotatable bonds is 4. The number of nitrogens with one attached hydrogen (secondary N) is 1. The number of alkyl halides is 3. The number of nitrogens with zero attached hydrogens (tertiary/aromatic N) is 2. The predicted octanol–water partition coefficient (Wildman–Crippen LogP) is 3.70. The average Bonchev–Trinajstić information content (AvgIpc) is 2.77. The molecule has 3 rings (SSSR count). The minimum Gasteiger partial charge on any atom is -0.466 e. The summed E-state index contributed by atoms with van der Waals surface area (Å²) in [5.41, 5.74) is -1.36. The van der Waals surface area contributed by atoms with Gasteiger partial charge < -0.3 is 10.1 Å². The summed E-state index contributed by atoms with van der Waals surface area (Å²) in [6.07, 6.45) is -3.76. The second-order valence-corrected chi connectivity index (χ2v) is 9.38. The van der Waals surface area contributed by atoms with Gasteiger partial charge >= 0.3 is 18.2 Å². The molecule has 2 amide bonds. The summed E-state index contributed by atoms with van der Waals surface area (Å²) < 4.78 is 69.3. The molecule has 0 unspecified atom stereocenters. The number of anilines is 1. The first kappa shape index (κ1) is 24.8. The number of allylic oxidation sites excluding steroid dienone is 1. The molecule has 12 heteroatoms. The lowest BCUT2D eigenvalue weighted by Crippen LogP contribution is -2.48. The number of benzene rings is 2. The maximum atomic E-state index is 13.2. The molecule has 1 atom stereocenters. The minimum absolute atomic E-state index is 0.00158. The average molecular weight is 493 g/mol. The van der Waals surface area contributed by atoms with Gasteiger partial charge in [0, 0.05) is 12.0 Å². The fraction of sp³-hybridized carbons (Fsp3) is 0.227. The van der Waals surface area contributed by atoms with Gasteiger partial charge in [0.15, 0.2) is 9.84 Å². The standard InChI is InChI=1S/C22H18F3N3O5S/c1-12-18(20(29)33-2)19(16-8-7-13(11-26)9-17(16)34(3,31)32)27-21(30)28(12)15-6-4-5-14(10-15)22(23,24)25/h4-10,19H,1-3H3,(H,27,30)/t19-/m1/s1. The fourth-order valence-electron chi connectivity index (χ4n) is 3.65. The zero-order valence-corrected chi connectivity index (χ0v) is 18.9. The Kier molecular flexibility index (Phi) is 6.44. The molecule has 34 heavy (non-hydrogen) atoms. The highest BCUT2D eigenvalue weighted by molar-refractivity contribution is 7.90. The second kappa shape index (κ2) is 8.83. The van der Waals surface area contributed by atoms with Gasteiger partial charge in [-0.05, 0) is 42.8 Å². The van der Waals surface area contributed by atoms with E-state index in [1.807, 2.05) is 6.07 Å². The molecule has 1 N–H and O–H groups in total. The van der Waals surface area contributed by atoms with Gasteiger partial charge in [-0.2, -0.15) is 18.4 Å². The molecule has 0 aliphatic carbocycles. The number of hydrogen-bond acceptors (Lipinski definition) is 6. The van der Waals surface area contributed by atoms with Crippen molar-refractivity contribution in [3.63, 3.8) is 0 Å². The van der Waals surface area contributed by atoms with Crippen molar-refractivity contribution in [2.45, 2.75) is 24.0 Å². The van der Waals surface area contributed by atoms with Crippen LogP contribution in [0.5, 0.6) is 0 Å². The van der Waals surface area contributed by atoms with E-state index in [0.29, 0.717) is 0 Å². The molecule has 0 saturated heterocycles. The van der Waals surface area contributed by atoms with Gasteiger partial charge in [-0.3, -0.25) is 4.90 Å². The molecule has 0 fully saturated rings. The fourth-order valence-corrected chi connectivity index (χ4v) is 4.60. The highest BCUT2D eigenvalue weighted by Gasteiger charge is 2.39. The van der Waals surface area contributed by atoms with Crippen molar-refractivity contribution >= 4 is 27.5 Å². The third kappa shape index (κ3) is 4.60. The van der Waals surface area contributed by atoms with Crippen molar-refractivity contribution in [1.29, 1.82) is 5.26 Å². The summed E-state index contributed by atoms with van der Waals surface area (Å²) in [7, 11) is -2.84. The lowest BCUT2D eigenvalue weighted by atomic mass is 9.93. The molecular formula is C22H18F3N3O5S. The van der Waals surface area contributed by atoms with Gasteiger partial charge in [0.05, 0.1) is 46.5 Å². The van der Waals surface area contributed by atoms with Gasteiger partial charge in [0.25, 0.3) is 0 Å². The number of nitriles is 1. The monoisotopic (exact) mass is 493 g/mol. The number of urea groups is 1. The molecule has 2 aromatic rings. The number of esters is 1. The summed E-state index contributed by atoms with van der Waals surface area (Å²) in [5, 5.41) is 11.6. The van der Waals surface area contributed by atoms with E-state index in [2.05, 4.69) is 5.32 Å². The normalized spacial score (nSPS) is 16.7. The maximum Gasteiger partial charge on any atom is 0.416 e. The Morgan fingerprint density at radius 3 is 2.44 bits per heavy atom. The van der Waals surface area contributed by atoms with E-state index in [1.54, 1.807) is 0 Å². The number of hydrogen-bond donors (Lipinski definition) is 1. The van der Waals surface area contributed by atoms with Gasteiger partial charge in [0.1, 0.15) is 0 Å². The lowest BCUT2D eigenvalue weighted by Gasteiger charge is -2.36. The van der Waals surface area contributed by atoms with Crippen molar-refractivity contribution in [2.24, 2.45) is 0 Å². The van der Waals surface area contributed by atoms with E-state index in [4.69, 9.17) is 10.00 Å². The van der Waals surface area contributed by atoms with Gasteiger partial charge in [0.2, 0.25) is 0 Å². The van der Waals surface area contributed by atoms with Crippen LogP contribution in [-0.2, 0) is 25.5 Å². The van der Waals surface area contributed by atoms with E-state index < -0.39 is 39.6 Å². The number of amides is 2. The summed E-state index contributed by atoms with van der Waals surface area (Å²) >= 11 is 0. The number of sulfone groups is 1. The first-order chi connectivity index (χ1) is 15.8. The van der Waals surface area contributed by atoms with E-state index in [0.717, 1.165) is 42.5 Å². The minimum atomic E-state index is -4.67. The third-order valence-electron chi connectivity index (χ3n) is 5.17. The number of carbonyl (C=O) groups is 2. The molecule has 8 nitrogen and oxygen atoms in total. The van der Waals surface area contributed by atoms with Crippen molar-refractivity contribution in [2.75, 3.05) is 18.3 Å². The molecule has 1 aliphatic rings. The zero-order chi connectivity index (χ0) is 25.4. The molecule has 1 aliphatic heterocycles. The molecule has 0 spiro atoms. The van der Waals surface area contributed by atoms with Crippen LogP contribution in [0.1, 0.15) is 29.7 Å². The maximum absolute atomic E-state index is 13.2. The molecule has 0 saturated carbocycles. The molecule has 1 heterocycles. The summed E-state index contributed by atoms with van der Waals surface area (Å²) in [6.45, 7) is 1.34. The number of carbonyl (C=O) groups excluding carboxylic acids is 2. The molecular weight excluding hydrogens is 475 g/mol. The molecule has 178 valence electrons. The van der Waals surface area contributed by atoms with Gasteiger partial charge in [-0.15, -0.1) is 0 Å².